The highest BCUT2D eigenvalue weighted by atomic mass is 16.5. The van der Waals surface area contributed by atoms with Gasteiger partial charge < -0.3 is 15.4 Å². The fourth-order valence-corrected chi connectivity index (χ4v) is 2.42. The van der Waals surface area contributed by atoms with E-state index in [9.17, 15) is 4.79 Å². The lowest BCUT2D eigenvalue weighted by atomic mass is 9.99. The second-order valence-corrected chi connectivity index (χ2v) is 4.97. The smallest absolute Gasteiger partial charge is 0.241 e. The van der Waals surface area contributed by atoms with Gasteiger partial charge in [-0.25, -0.2) is 0 Å². The topological polar surface area (TPSA) is 50.4 Å². The lowest BCUT2D eigenvalue weighted by Gasteiger charge is -2.28. The van der Waals surface area contributed by atoms with Gasteiger partial charge in [0.2, 0.25) is 5.91 Å². The van der Waals surface area contributed by atoms with E-state index >= 15 is 0 Å². The van der Waals surface area contributed by atoms with Gasteiger partial charge in [-0.05, 0) is 45.2 Å². The number of para-hydroxylation sites is 2. The monoisotopic (exact) mass is 262 g/mol. The van der Waals surface area contributed by atoms with Crippen molar-refractivity contribution in [1.82, 2.24) is 5.32 Å². The molecule has 4 heteroatoms. The molecular weight excluding hydrogens is 240 g/mol. The van der Waals surface area contributed by atoms with Gasteiger partial charge in [-0.3, -0.25) is 4.79 Å². The lowest BCUT2D eigenvalue weighted by Crippen LogP contribution is -2.47. The fourth-order valence-electron chi connectivity index (χ4n) is 2.42. The fraction of sp³-hybridized carbons (Fsp3) is 0.533. The summed E-state index contributed by atoms with van der Waals surface area (Å²) in [5.74, 6) is 0.751. The van der Waals surface area contributed by atoms with Crippen LogP contribution in [0.1, 0.15) is 33.1 Å². The maximum Gasteiger partial charge on any atom is 0.241 e. The number of benzene rings is 1. The average Bonchev–Trinajstić information content (AvgIpc) is 2.41. The predicted molar refractivity (Wildman–Crippen MR) is 76.5 cm³/mol. The van der Waals surface area contributed by atoms with E-state index in [1.807, 2.05) is 31.2 Å². The molecule has 2 atom stereocenters. The van der Waals surface area contributed by atoms with Crippen LogP contribution in [0.25, 0.3) is 0 Å². The summed E-state index contributed by atoms with van der Waals surface area (Å²) < 4.78 is 5.51. The van der Waals surface area contributed by atoms with Crippen molar-refractivity contribution in [1.29, 1.82) is 0 Å². The van der Waals surface area contributed by atoms with Crippen molar-refractivity contribution in [2.75, 3.05) is 11.9 Å². The van der Waals surface area contributed by atoms with E-state index in [4.69, 9.17) is 4.74 Å². The molecule has 1 aliphatic heterocycles. The highest BCUT2D eigenvalue weighted by Gasteiger charge is 2.24. The van der Waals surface area contributed by atoms with Crippen LogP contribution < -0.4 is 15.4 Å². The first kappa shape index (κ1) is 13.9. The van der Waals surface area contributed by atoms with Gasteiger partial charge in [-0.1, -0.05) is 12.1 Å². The largest absolute Gasteiger partial charge is 0.492 e. The first-order chi connectivity index (χ1) is 9.20. The summed E-state index contributed by atoms with van der Waals surface area (Å²) in [6.45, 7) is 4.64. The van der Waals surface area contributed by atoms with E-state index in [0.29, 0.717) is 12.6 Å². The second kappa shape index (κ2) is 6.57. The number of carbonyl (C=O) groups is 1. The number of ether oxygens (including phenoxy) is 1. The van der Waals surface area contributed by atoms with Crippen LogP contribution >= 0.6 is 0 Å². The van der Waals surface area contributed by atoms with Crippen LogP contribution in [-0.4, -0.2) is 24.6 Å². The Hall–Kier alpha value is -1.55. The summed E-state index contributed by atoms with van der Waals surface area (Å²) in [4.78, 5) is 12.2. The Kier molecular flexibility index (Phi) is 4.80. The maximum absolute atomic E-state index is 12.2. The Morgan fingerprint density at radius 3 is 2.95 bits per heavy atom. The van der Waals surface area contributed by atoms with Gasteiger partial charge in [0.1, 0.15) is 5.75 Å². The van der Waals surface area contributed by atoms with E-state index in [1.165, 1.54) is 0 Å². The average molecular weight is 262 g/mol. The van der Waals surface area contributed by atoms with Crippen molar-refractivity contribution in [2.45, 2.75) is 45.2 Å². The minimum absolute atomic E-state index is 0.0266. The second-order valence-electron chi connectivity index (χ2n) is 4.97. The first-order valence-corrected chi connectivity index (χ1v) is 6.99. The van der Waals surface area contributed by atoms with Crippen LogP contribution in [0, 0.1) is 0 Å². The Labute approximate surface area is 114 Å². The van der Waals surface area contributed by atoms with Gasteiger partial charge in [0.25, 0.3) is 0 Å². The molecule has 0 aliphatic carbocycles. The Bertz CT molecular complexity index is 434. The molecule has 2 rings (SSSR count). The molecule has 0 bridgehead atoms. The van der Waals surface area contributed by atoms with Gasteiger partial charge >= 0.3 is 0 Å². The quantitative estimate of drug-likeness (QED) is 0.876. The molecule has 1 fully saturated rings. The molecule has 2 N–H and O–H groups in total. The summed E-state index contributed by atoms with van der Waals surface area (Å²) in [6.07, 6.45) is 3.13. The molecule has 2 unspecified atom stereocenters. The highest BCUT2D eigenvalue weighted by molar-refractivity contribution is 5.96. The molecular formula is C15H22N2O2. The van der Waals surface area contributed by atoms with E-state index in [-0.39, 0.29) is 11.9 Å². The van der Waals surface area contributed by atoms with Gasteiger partial charge in [0, 0.05) is 6.04 Å². The molecule has 1 amide bonds. The van der Waals surface area contributed by atoms with Gasteiger partial charge in [0.15, 0.2) is 0 Å². The summed E-state index contributed by atoms with van der Waals surface area (Å²) >= 11 is 0. The molecule has 1 aromatic carbocycles. The zero-order chi connectivity index (χ0) is 13.7. The SMILES string of the molecule is CCOc1ccccc1NC(=O)C1CCCC(C)N1. The summed E-state index contributed by atoms with van der Waals surface area (Å²) in [5.41, 5.74) is 0.745. The molecule has 1 heterocycles. The standard InChI is InChI=1S/C15H22N2O2/c1-3-19-14-10-5-4-8-12(14)17-15(18)13-9-6-7-11(2)16-13/h4-5,8,10-11,13,16H,3,6-7,9H2,1-2H3,(H,17,18). The van der Waals surface area contributed by atoms with Crippen molar-refractivity contribution in [2.24, 2.45) is 0 Å². The van der Waals surface area contributed by atoms with Gasteiger partial charge in [-0.2, -0.15) is 0 Å². The third-order valence-electron chi connectivity index (χ3n) is 3.38. The number of hydrogen-bond donors (Lipinski definition) is 2. The van der Waals surface area contributed by atoms with E-state index in [2.05, 4.69) is 17.6 Å². The number of amides is 1. The molecule has 0 radical (unpaired) electrons. The number of piperidine rings is 1. The Morgan fingerprint density at radius 1 is 1.42 bits per heavy atom. The van der Waals surface area contributed by atoms with Gasteiger partial charge in [0.05, 0.1) is 18.3 Å². The molecule has 1 aromatic rings. The molecule has 19 heavy (non-hydrogen) atoms. The molecule has 4 nitrogen and oxygen atoms in total. The number of nitrogens with one attached hydrogen (secondary N) is 2. The zero-order valence-electron chi connectivity index (χ0n) is 11.6. The third-order valence-corrected chi connectivity index (χ3v) is 3.38. The lowest BCUT2D eigenvalue weighted by molar-refractivity contribution is -0.118. The molecule has 0 saturated carbocycles. The maximum atomic E-state index is 12.2. The first-order valence-electron chi connectivity index (χ1n) is 6.99. The van der Waals surface area contributed by atoms with E-state index in [0.717, 1.165) is 30.7 Å². The normalized spacial score (nSPS) is 22.8. The van der Waals surface area contributed by atoms with Crippen molar-refractivity contribution < 1.29 is 9.53 Å². The van der Waals surface area contributed by atoms with Crippen molar-refractivity contribution in [3.63, 3.8) is 0 Å². The molecule has 1 aliphatic rings. The van der Waals surface area contributed by atoms with Crippen LogP contribution in [0.15, 0.2) is 24.3 Å². The summed E-state index contributed by atoms with van der Waals surface area (Å²) in [6, 6.07) is 7.85. The minimum Gasteiger partial charge on any atom is -0.492 e. The van der Waals surface area contributed by atoms with Crippen molar-refractivity contribution >= 4 is 11.6 Å². The summed E-state index contributed by atoms with van der Waals surface area (Å²) in [5, 5.41) is 6.29. The van der Waals surface area contributed by atoms with Gasteiger partial charge in [-0.15, -0.1) is 0 Å². The van der Waals surface area contributed by atoms with E-state index < -0.39 is 0 Å². The third kappa shape index (κ3) is 3.70. The van der Waals surface area contributed by atoms with Crippen LogP contribution in [-0.2, 0) is 4.79 Å². The van der Waals surface area contributed by atoms with Crippen LogP contribution in [0.5, 0.6) is 5.75 Å². The van der Waals surface area contributed by atoms with Crippen LogP contribution in [0.3, 0.4) is 0 Å². The Morgan fingerprint density at radius 2 is 2.21 bits per heavy atom. The molecule has 104 valence electrons. The van der Waals surface area contributed by atoms with Crippen molar-refractivity contribution in [3.8, 4) is 5.75 Å². The van der Waals surface area contributed by atoms with Crippen molar-refractivity contribution in [3.05, 3.63) is 24.3 Å². The highest BCUT2D eigenvalue weighted by Crippen LogP contribution is 2.24. The minimum atomic E-state index is -0.0987. The number of rotatable bonds is 4. The predicted octanol–water partition coefficient (Wildman–Crippen LogP) is 2.55. The Balaban J connectivity index is 2.02. The van der Waals surface area contributed by atoms with Crippen LogP contribution in [0.2, 0.25) is 0 Å². The van der Waals surface area contributed by atoms with Crippen LogP contribution in [0.4, 0.5) is 5.69 Å². The molecule has 0 aromatic heterocycles. The molecule has 1 saturated heterocycles. The zero-order valence-corrected chi connectivity index (χ0v) is 11.6. The summed E-state index contributed by atoms with van der Waals surface area (Å²) in [7, 11) is 0. The number of anilines is 1. The molecule has 0 spiro atoms. The number of hydrogen-bond acceptors (Lipinski definition) is 3. The number of carbonyl (C=O) groups excluding carboxylic acids is 1. The van der Waals surface area contributed by atoms with E-state index in [1.54, 1.807) is 0 Å².